The van der Waals surface area contributed by atoms with Gasteiger partial charge >= 0.3 is 0 Å². The van der Waals surface area contributed by atoms with Crippen LogP contribution in [0.4, 0.5) is 5.69 Å². The van der Waals surface area contributed by atoms with E-state index in [-0.39, 0.29) is 12.0 Å². The number of nitrogens with two attached hydrogens (primary N) is 3. The van der Waals surface area contributed by atoms with Crippen LogP contribution in [0, 0.1) is 0 Å². The molecule has 1 aliphatic rings. The van der Waals surface area contributed by atoms with Crippen LogP contribution in [0.25, 0.3) is 0 Å². The smallest absolute Gasteiger partial charge is 0.248 e. The number of carbonyl (C=O) groups is 1. The molecule has 102 valence electrons. The maximum absolute atomic E-state index is 11.0. The van der Waals surface area contributed by atoms with Crippen molar-refractivity contribution in [2.24, 2.45) is 22.2 Å². The second-order valence-electron chi connectivity index (χ2n) is 4.68. The van der Waals surface area contributed by atoms with Crippen molar-refractivity contribution in [2.75, 3.05) is 18.0 Å². The molecule has 0 aromatic heterocycles. The van der Waals surface area contributed by atoms with Gasteiger partial charge in [0.2, 0.25) is 5.91 Å². The minimum absolute atomic E-state index is 0.157. The lowest BCUT2D eigenvalue weighted by Gasteiger charge is -2.32. The molecule has 0 bridgehead atoms. The van der Waals surface area contributed by atoms with Gasteiger partial charge in [-0.05, 0) is 37.1 Å². The number of piperidine rings is 1. The number of aliphatic imine (C=N–C) groups is 1. The molecule has 1 aromatic rings. The zero-order chi connectivity index (χ0) is 13.8. The molecule has 0 unspecified atom stereocenters. The molecule has 19 heavy (non-hydrogen) atoms. The van der Waals surface area contributed by atoms with E-state index >= 15 is 0 Å². The second kappa shape index (κ2) is 5.60. The van der Waals surface area contributed by atoms with Crippen molar-refractivity contribution >= 4 is 17.6 Å². The lowest BCUT2D eigenvalue weighted by atomic mass is 10.0. The zero-order valence-corrected chi connectivity index (χ0v) is 10.7. The molecule has 6 N–H and O–H groups in total. The van der Waals surface area contributed by atoms with Crippen molar-refractivity contribution in [2.45, 2.75) is 18.9 Å². The van der Waals surface area contributed by atoms with E-state index in [4.69, 9.17) is 17.2 Å². The Labute approximate surface area is 112 Å². The maximum Gasteiger partial charge on any atom is 0.248 e. The molecule has 1 saturated heterocycles. The summed E-state index contributed by atoms with van der Waals surface area (Å²) in [6.45, 7) is 1.80. The van der Waals surface area contributed by atoms with Gasteiger partial charge in [0.1, 0.15) is 0 Å². The van der Waals surface area contributed by atoms with Gasteiger partial charge in [-0.1, -0.05) is 0 Å². The van der Waals surface area contributed by atoms with Crippen molar-refractivity contribution in [1.29, 1.82) is 0 Å². The Morgan fingerprint density at radius 2 is 1.68 bits per heavy atom. The number of guanidine groups is 1. The zero-order valence-electron chi connectivity index (χ0n) is 10.7. The molecular weight excluding hydrogens is 242 g/mol. The van der Waals surface area contributed by atoms with Crippen molar-refractivity contribution < 1.29 is 4.79 Å². The van der Waals surface area contributed by atoms with E-state index in [1.165, 1.54) is 0 Å². The largest absolute Gasteiger partial charge is 0.371 e. The van der Waals surface area contributed by atoms with Crippen LogP contribution >= 0.6 is 0 Å². The summed E-state index contributed by atoms with van der Waals surface area (Å²) in [5.74, 6) is -0.248. The number of anilines is 1. The molecule has 1 fully saturated rings. The van der Waals surface area contributed by atoms with E-state index in [1.54, 1.807) is 12.1 Å². The Bertz CT molecular complexity index is 470. The molecular formula is C13H19N5O. The molecule has 1 aliphatic heterocycles. The summed E-state index contributed by atoms with van der Waals surface area (Å²) in [6, 6.07) is 7.55. The monoisotopic (exact) mass is 261 g/mol. The summed E-state index contributed by atoms with van der Waals surface area (Å²) in [5, 5.41) is 0. The predicted molar refractivity (Wildman–Crippen MR) is 76.0 cm³/mol. The molecule has 0 saturated carbocycles. The maximum atomic E-state index is 11.0. The van der Waals surface area contributed by atoms with Crippen LogP contribution in [0.15, 0.2) is 29.3 Å². The Hall–Kier alpha value is -2.24. The van der Waals surface area contributed by atoms with Gasteiger partial charge in [0.05, 0.1) is 6.04 Å². The number of hydrogen-bond acceptors (Lipinski definition) is 3. The molecule has 0 atom stereocenters. The summed E-state index contributed by atoms with van der Waals surface area (Å²) >= 11 is 0. The molecule has 2 rings (SSSR count). The van der Waals surface area contributed by atoms with Crippen LogP contribution in [0.5, 0.6) is 0 Å². The molecule has 6 nitrogen and oxygen atoms in total. The third kappa shape index (κ3) is 3.37. The molecule has 0 aliphatic carbocycles. The molecule has 6 heteroatoms. The average molecular weight is 261 g/mol. The lowest BCUT2D eigenvalue weighted by Crippen LogP contribution is -2.37. The number of amides is 1. The molecule has 0 spiro atoms. The first-order valence-electron chi connectivity index (χ1n) is 6.30. The Morgan fingerprint density at radius 1 is 1.11 bits per heavy atom. The van der Waals surface area contributed by atoms with Gasteiger partial charge in [0.25, 0.3) is 0 Å². The first-order valence-corrected chi connectivity index (χ1v) is 6.30. The topological polar surface area (TPSA) is 111 Å². The van der Waals surface area contributed by atoms with Gasteiger partial charge in [0, 0.05) is 24.3 Å². The first kappa shape index (κ1) is 13.2. The van der Waals surface area contributed by atoms with E-state index in [0.29, 0.717) is 5.56 Å². The van der Waals surface area contributed by atoms with Gasteiger partial charge in [-0.2, -0.15) is 0 Å². The first-order chi connectivity index (χ1) is 9.06. The number of benzene rings is 1. The number of carbonyl (C=O) groups excluding carboxylic acids is 1. The van der Waals surface area contributed by atoms with Crippen molar-refractivity contribution in [1.82, 2.24) is 0 Å². The third-order valence-electron chi connectivity index (χ3n) is 3.31. The highest BCUT2D eigenvalue weighted by Crippen LogP contribution is 2.21. The summed E-state index contributed by atoms with van der Waals surface area (Å²) < 4.78 is 0. The summed E-state index contributed by atoms with van der Waals surface area (Å²) in [5.41, 5.74) is 17.6. The van der Waals surface area contributed by atoms with E-state index in [2.05, 4.69) is 9.89 Å². The number of rotatable bonds is 3. The molecule has 0 radical (unpaired) electrons. The molecule has 1 aromatic carbocycles. The summed E-state index contributed by atoms with van der Waals surface area (Å²) in [4.78, 5) is 17.4. The average Bonchev–Trinajstić information content (AvgIpc) is 2.39. The van der Waals surface area contributed by atoms with Crippen molar-refractivity contribution in [3.8, 4) is 0 Å². The molecule has 1 amide bonds. The van der Waals surface area contributed by atoms with Crippen LogP contribution in [0.1, 0.15) is 23.2 Å². The number of primary amides is 1. The Morgan fingerprint density at radius 3 is 2.16 bits per heavy atom. The Balaban J connectivity index is 1.98. The highest BCUT2D eigenvalue weighted by atomic mass is 16.1. The third-order valence-corrected chi connectivity index (χ3v) is 3.31. The SMILES string of the molecule is NC(=O)c1ccc(N2CCC(N=C(N)N)CC2)cc1. The normalized spacial score (nSPS) is 16.1. The van der Waals surface area contributed by atoms with Crippen molar-refractivity contribution in [3.63, 3.8) is 0 Å². The van der Waals surface area contributed by atoms with Crippen molar-refractivity contribution in [3.05, 3.63) is 29.8 Å². The summed E-state index contributed by atoms with van der Waals surface area (Å²) in [7, 11) is 0. The quantitative estimate of drug-likeness (QED) is 0.526. The fourth-order valence-corrected chi connectivity index (χ4v) is 2.30. The van der Waals surface area contributed by atoms with E-state index in [1.807, 2.05) is 12.1 Å². The predicted octanol–water partition coefficient (Wildman–Crippen LogP) is 0.0277. The van der Waals surface area contributed by atoms with Crippen LogP contribution < -0.4 is 22.1 Å². The van der Waals surface area contributed by atoms with Crippen LogP contribution in [-0.2, 0) is 0 Å². The van der Waals surface area contributed by atoms with Gasteiger partial charge in [-0.25, -0.2) is 0 Å². The number of nitrogens with zero attached hydrogens (tertiary/aromatic N) is 2. The van der Waals surface area contributed by atoms with Gasteiger partial charge in [0.15, 0.2) is 5.96 Å². The minimum atomic E-state index is -0.405. The van der Waals surface area contributed by atoms with Gasteiger partial charge in [-0.15, -0.1) is 0 Å². The van der Waals surface area contributed by atoms with Gasteiger partial charge in [-0.3, -0.25) is 9.79 Å². The highest BCUT2D eigenvalue weighted by molar-refractivity contribution is 5.93. The number of hydrogen-bond donors (Lipinski definition) is 3. The van der Waals surface area contributed by atoms with E-state index in [9.17, 15) is 4.79 Å². The van der Waals surface area contributed by atoms with E-state index in [0.717, 1.165) is 31.6 Å². The van der Waals surface area contributed by atoms with E-state index < -0.39 is 5.91 Å². The van der Waals surface area contributed by atoms with Crippen LogP contribution in [0.2, 0.25) is 0 Å². The highest BCUT2D eigenvalue weighted by Gasteiger charge is 2.19. The summed E-state index contributed by atoms with van der Waals surface area (Å²) in [6.07, 6.45) is 1.85. The van der Waals surface area contributed by atoms with Crippen LogP contribution in [0.3, 0.4) is 0 Å². The van der Waals surface area contributed by atoms with Crippen LogP contribution in [-0.4, -0.2) is 31.0 Å². The fraction of sp³-hybridized carbons (Fsp3) is 0.385. The fourth-order valence-electron chi connectivity index (χ4n) is 2.30. The minimum Gasteiger partial charge on any atom is -0.371 e. The molecule has 1 heterocycles. The second-order valence-corrected chi connectivity index (χ2v) is 4.68. The van der Waals surface area contributed by atoms with Gasteiger partial charge < -0.3 is 22.1 Å². The Kier molecular flexibility index (Phi) is 3.89. The lowest BCUT2D eigenvalue weighted by molar-refractivity contribution is 0.100. The standard InChI is InChI=1S/C13H19N5O/c14-12(19)9-1-3-11(4-2-9)18-7-5-10(6-8-18)17-13(15)16/h1-4,10H,5-8H2,(H2,14,19)(H4,15,16,17).